The van der Waals surface area contributed by atoms with E-state index in [1.807, 2.05) is 0 Å². The molecule has 1 aliphatic carbocycles. The molecule has 0 radical (unpaired) electrons. The largest absolute Gasteiger partial charge is 0.496 e. The Morgan fingerprint density at radius 1 is 1.25 bits per heavy atom. The first kappa shape index (κ1) is 13.9. The van der Waals surface area contributed by atoms with Crippen molar-refractivity contribution < 1.29 is 14.2 Å². The Balaban J connectivity index is 1.76. The summed E-state index contributed by atoms with van der Waals surface area (Å²) in [7, 11) is 1.73. The van der Waals surface area contributed by atoms with E-state index in [0.29, 0.717) is 11.8 Å². The molecule has 0 N–H and O–H groups in total. The maximum absolute atomic E-state index is 5.85. The van der Waals surface area contributed by atoms with Gasteiger partial charge in [-0.1, -0.05) is 19.1 Å². The second-order valence-corrected chi connectivity index (χ2v) is 6.16. The molecular weight excluding hydrogens is 252 g/mol. The van der Waals surface area contributed by atoms with Crippen LogP contribution in [0.25, 0.3) is 0 Å². The van der Waals surface area contributed by atoms with E-state index in [1.165, 1.54) is 11.1 Å². The van der Waals surface area contributed by atoms with E-state index < -0.39 is 0 Å². The Kier molecular flexibility index (Phi) is 3.74. The van der Waals surface area contributed by atoms with Crippen molar-refractivity contribution in [2.45, 2.75) is 44.8 Å². The van der Waals surface area contributed by atoms with Crippen molar-refractivity contribution in [3.05, 3.63) is 29.3 Å². The van der Waals surface area contributed by atoms with Crippen molar-refractivity contribution in [1.29, 1.82) is 0 Å². The summed E-state index contributed by atoms with van der Waals surface area (Å²) in [6, 6.07) is 6.57. The van der Waals surface area contributed by atoms with Crippen LogP contribution in [0, 0.1) is 12.8 Å². The molecule has 1 aromatic rings. The molecular formula is C17H24O3. The average Bonchev–Trinajstić information content (AvgIpc) is 2.87. The second kappa shape index (κ2) is 5.38. The van der Waals surface area contributed by atoms with Gasteiger partial charge in [-0.2, -0.15) is 0 Å². The first-order chi connectivity index (χ1) is 9.63. The molecule has 1 aromatic carbocycles. The number of hydrogen-bond acceptors (Lipinski definition) is 3. The van der Waals surface area contributed by atoms with Gasteiger partial charge in [0.2, 0.25) is 0 Å². The third-order valence-electron chi connectivity index (χ3n) is 4.82. The lowest BCUT2D eigenvalue weighted by molar-refractivity contribution is -0.188. The fourth-order valence-electron chi connectivity index (χ4n) is 3.78. The van der Waals surface area contributed by atoms with Gasteiger partial charge in [-0.3, -0.25) is 0 Å². The highest BCUT2D eigenvalue weighted by molar-refractivity contribution is 5.38. The molecule has 3 nitrogen and oxygen atoms in total. The maximum Gasteiger partial charge on any atom is 0.168 e. The van der Waals surface area contributed by atoms with Gasteiger partial charge in [0.25, 0.3) is 0 Å². The molecule has 0 bridgehead atoms. The van der Waals surface area contributed by atoms with E-state index >= 15 is 0 Å². The predicted octanol–water partition coefficient (Wildman–Crippen LogP) is 3.65. The monoisotopic (exact) mass is 276 g/mol. The molecule has 3 rings (SSSR count). The van der Waals surface area contributed by atoms with Gasteiger partial charge < -0.3 is 14.2 Å². The molecule has 1 heterocycles. The number of ether oxygens (including phenoxy) is 3. The van der Waals surface area contributed by atoms with E-state index in [9.17, 15) is 0 Å². The molecule has 1 spiro atoms. The highest BCUT2D eigenvalue weighted by Gasteiger charge is 2.43. The summed E-state index contributed by atoms with van der Waals surface area (Å²) in [6.45, 7) is 5.93. The van der Waals surface area contributed by atoms with Crippen molar-refractivity contribution >= 4 is 0 Å². The van der Waals surface area contributed by atoms with Crippen LogP contribution < -0.4 is 4.74 Å². The Hall–Kier alpha value is -1.06. The van der Waals surface area contributed by atoms with Gasteiger partial charge in [-0.15, -0.1) is 0 Å². The molecule has 2 unspecified atom stereocenters. The summed E-state index contributed by atoms with van der Waals surface area (Å²) in [5, 5.41) is 0. The maximum atomic E-state index is 5.85. The number of methoxy groups -OCH3 is 1. The van der Waals surface area contributed by atoms with E-state index in [-0.39, 0.29) is 5.79 Å². The zero-order valence-corrected chi connectivity index (χ0v) is 12.6. The van der Waals surface area contributed by atoms with Gasteiger partial charge in [-0.05, 0) is 42.4 Å². The molecule has 2 fully saturated rings. The first-order valence-corrected chi connectivity index (χ1v) is 7.56. The fourth-order valence-corrected chi connectivity index (χ4v) is 3.78. The summed E-state index contributed by atoms with van der Waals surface area (Å²) in [5.74, 6) is 1.86. The molecule has 1 saturated carbocycles. The standard InChI is InChI=1S/C17H24O3/c1-12-10-14(4-5-16(12)18-3)15-6-7-17(11-13(15)2)19-8-9-20-17/h4-5,10,13,15H,6-9,11H2,1-3H3. The third kappa shape index (κ3) is 2.45. The summed E-state index contributed by atoms with van der Waals surface area (Å²) >= 11 is 0. The molecule has 0 aromatic heterocycles. The second-order valence-electron chi connectivity index (χ2n) is 6.16. The van der Waals surface area contributed by atoms with Gasteiger partial charge in [0.1, 0.15) is 5.75 Å². The van der Waals surface area contributed by atoms with Crippen molar-refractivity contribution in [3.8, 4) is 5.75 Å². The molecule has 1 aliphatic heterocycles. The Morgan fingerprint density at radius 3 is 2.60 bits per heavy atom. The van der Waals surface area contributed by atoms with Crippen LogP contribution in [0.1, 0.15) is 43.2 Å². The normalized spacial score (nSPS) is 28.8. The molecule has 1 saturated heterocycles. The molecule has 2 atom stereocenters. The smallest absolute Gasteiger partial charge is 0.168 e. The van der Waals surface area contributed by atoms with Crippen molar-refractivity contribution in [2.75, 3.05) is 20.3 Å². The number of aryl methyl sites for hydroxylation is 1. The third-order valence-corrected chi connectivity index (χ3v) is 4.82. The van der Waals surface area contributed by atoms with Gasteiger partial charge in [0.05, 0.1) is 20.3 Å². The van der Waals surface area contributed by atoms with Crippen LogP contribution in [0.15, 0.2) is 18.2 Å². The van der Waals surface area contributed by atoms with Crippen LogP contribution in [0.5, 0.6) is 5.75 Å². The minimum Gasteiger partial charge on any atom is -0.496 e. The molecule has 2 aliphatic rings. The zero-order valence-electron chi connectivity index (χ0n) is 12.6. The van der Waals surface area contributed by atoms with Gasteiger partial charge in [0, 0.05) is 12.8 Å². The highest BCUT2D eigenvalue weighted by atomic mass is 16.7. The van der Waals surface area contributed by atoms with Crippen LogP contribution in [0.3, 0.4) is 0 Å². The van der Waals surface area contributed by atoms with Crippen molar-refractivity contribution in [2.24, 2.45) is 5.92 Å². The van der Waals surface area contributed by atoms with Crippen LogP contribution in [0.4, 0.5) is 0 Å². The average molecular weight is 276 g/mol. The van der Waals surface area contributed by atoms with Gasteiger partial charge >= 0.3 is 0 Å². The van der Waals surface area contributed by atoms with Gasteiger partial charge in [0.15, 0.2) is 5.79 Å². The number of hydrogen-bond donors (Lipinski definition) is 0. The number of benzene rings is 1. The molecule has 110 valence electrons. The van der Waals surface area contributed by atoms with E-state index in [1.54, 1.807) is 7.11 Å². The van der Waals surface area contributed by atoms with Crippen LogP contribution in [0.2, 0.25) is 0 Å². The minimum atomic E-state index is -0.280. The lowest BCUT2D eigenvalue weighted by Crippen LogP contribution is -2.38. The van der Waals surface area contributed by atoms with E-state index in [2.05, 4.69) is 32.0 Å². The molecule has 3 heteroatoms. The van der Waals surface area contributed by atoms with Crippen molar-refractivity contribution in [1.82, 2.24) is 0 Å². The summed E-state index contributed by atoms with van der Waals surface area (Å²) in [5.41, 5.74) is 2.63. The van der Waals surface area contributed by atoms with E-state index in [4.69, 9.17) is 14.2 Å². The molecule has 20 heavy (non-hydrogen) atoms. The Bertz CT molecular complexity index is 477. The van der Waals surface area contributed by atoms with Crippen LogP contribution >= 0.6 is 0 Å². The first-order valence-electron chi connectivity index (χ1n) is 7.56. The van der Waals surface area contributed by atoms with Crippen LogP contribution in [-0.2, 0) is 9.47 Å². The lowest BCUT2D eigenvalue weighted by atomic mass is 9.73. The van der Waals surface area contributed by atoms with Crippen molar-refractivity contribution in [3.63, 3.8) is 0 Å². The van der Waals surface area contributed by atoms with Gasteiger partial charge in [-0.25, -0.2) is 0 Å². The summed E-state index contributed by atoms with van der Waals surface area (Å²) in [6.07, 6.45) is 3.14. The predicted molar refractivity (Wildman–Crippen MR) is 78.1 cm³/mol. The SMILES string of the molecule is COc1ccc(C2CCC3(CC2C)OCCO3)cc1C. The topological polar surface area (TPSA) is 27.7 Å². The minimum absolute atomic E-state index is 0.280. The number of rotatable bonds is 2. The summed E-state index contributed by atoms with van der Waals surface area (Å²) < 4.78 is 17.1. The Morgan fingerprint density at radius 2 is 2.00 bits per heavy atom. The fraction of sp³-hybridized carbons (Fsp3) is 0.647. The van der Waals surface area contributed by atoms with Crippen LogP contribution in [-0.4, -0.2) is 26.1 Å². The lowest BCUT2D eigenvalue weighted by Gasteiger charge is -2.40. The quantitative estimate of drug-likeness (QED) is 0.825. The van der Waals surface area contributed by atoms with E-state index in [0.717, 1.165) is 38.2 Å². The molecule has 0 amide bonds. The summed E-state index contributed by atoms with van der Waals surface area (Å²) in [4.78, 5) is 0. The highest BCUT2D eigenvalue weighted by Crippen LogP contribution is 2.46. The Labute approximate surface area is 121 Å². The zero-order chi connectivity index (χ0) is 14.2.